The number of fused-ring (bicyclic) bond motifs is 1. The fourth-order valence-corrected chi connectivity index (χ4v) is 4.14. The third-order valence-electron chi connectivity index (χ3n) is 5.85. The highest BCUT2D eigenvalue weighted by atomic mass is 16.5. The van der Waals surface area contributed by atoms with E-state index in [4.69, 9.17) is 10.5 Å². The van der Waals surface area contributed by atoms with E-state index >= 15 is 0 Å². The second kappa shape index (κ2) is 9.09. The van der Waals surface area contributed by atoms with Gasteiger partial charge in [-0.3, -0.25) is 14.4 Å². The summed E-state index contributed by atoms with van der Waals surface area (Å²) >= 11 is 0. The first kappa shape index (κ1) is 21.4. The number of piperidine rings is 1. The summed E-state index contributed by atoms with van der Waals surface area (Å²) in [6, 6.07) is 17.7. The standard InChI is InChI=1S/C25H25N3O4/c1-32-22-13-12-21(19-6-2-3-7-20(19)22)25(31)28-14-4-5-17(15-28)24(30)27-18-10-8-16(9-11-18)23(26)29/h2-3,6-13,17H,4-5,14-15H2,1H3,(H2,26,29)(H,27,30)/t17-/m1/s1. The van der Waals surface area contributed by atoms with E-state index in [9.17, 15) is 14.4 Å². The Morgan fingerprint density at radius 1 is 1.00 bits per heavy atom. The summed E-state index contributed by atoms with van der Waals surface area (Å²) in [6.07, 6.45) is 1.46. The van der Waals surface area contributed by atoms with Crippen LogP contribution in [0.3, 0.4) is 0 Å². The number of amides is 3. The van der Waals surface area contributed by atoms with Crippen LogP contribution in [0.25, 0.3) is 10.8 Å². The summed E-state index contributed by atoms with van der Waals surface area (Å²) in [5.74, 6) is -0.347. The minimum Gasteiger partial charge on any atom is -0.496 e. The number of carbonyl (C=O) groups excluding carboxylic acids is 3. The summed E-state index contributed by atoms with van der Waals surface area (Å²) in [5, 5.41) is 4.59. The van der Waals surface area contributed by atoms with Crippen molar-refractivity contribution in [2.75, 3.05) is 25.5 Å². The quantitative estimate of drug-likeness (QED) is 0.646. The minimum atomic E-state index is -0.518. The largest absolute Gasteiger partial charge is 0.496 e. The molecule has 1 fully saturated rings. The summed E-state index contributed by atoms with van der Waals surface area (Å²) in [7, 11) is 1.61. The molecule has 1 heterocycles. The Kier molecular flexibility index (Phi) is 6.07. The predicted octanol–water partition coefficient (Wildman–Crippen LogP) is 3.44. The van der Waals surface area contributed by atoms with E-state index in [-0.39, 0.29) is 17.7 Å². The molecule has 1 aliphatic heterocycles. The first-order chi connectivity index (χ1) is 15.5. The lowest BCUT2D eigenvalue weighted by Gasteiger charge is -2.32. The molecule has 0 unspecified atom stereocenters. The summed E-state index contributed by atoms with van der Waals surface area (Å²) in [5.41, 5.74) is 6.82. The molecular formula is C25H25N3O4. The lowest BCUT2D eigenvalue weighted by molar-refractivity contribution is -0.121. The van der Waals surface area contributed by atoms with Gasteiger partial charge in [0.25, 0.3) is 5.91 Å². The number of ether oxygens (including phenoxy) is 1. The summed E-state index contributed by atoms with van der Waals surface area (Å²) in [4.78, 5) is 39.1. The van der Waals surface area contributed by atoms with Crippen LogP contribution in [0.5, 0.6) is 5.75 Å². The molecule has 0 aromatic heterocycles. The van der Waals surface area contributed by atoms with Crippen molar-refractivity contribution in [1.82, 2.24) is 4.90 Å². The van der Waals surface area contributed by atoms with Gasteiger partial charge in [-0.05, 0) is 54.6 Å². The van der Waals surface area contributed by atoms with Gasteiger partial charge in [0.05, 0.1) is 13.0 Å². The molecular weight excluding hydrogens is 406 g/mol. The second-order valence-corrected chi connectivity index (χ2v) is 7.88. The molecule has 1 aliphatic rings. The smallest absolute Gasteiger partial charge is 0.254 e. The van der Waals surface area contributed by atoms with Gasteiger partial charge in [0.15, 0.2) is 0 Å². The molecule has 0 aliphatic carbocycles. The van der Waals surface area contributed by atoms with Crippen molar-refractivity contribution in [3.05, 3.63) is 71.8 Å². The van der Waals surface area contributed by atoms with Gasteiger partial charge in [0, 0.05) is 35.3 Å². The van der Waals surface area contributed by atoms with Gasteiger partial charge in [-0.1, -0.05) is 24.3 Å². The van der Waals surface area contributed by atoms with Gasteiger partial charge >= 0.3 is 0 Å². The molecule has 7 nitrogen and oxygen atoms in total. The maximum Gasteiger partial charge on any atom is 0.254 e. The molecule has 32 heavy (non-hydrogen) atoms. The molecule has 164 valence electrons. The van der Waals surface area contributed by atoms with E-state index in [0.717, 1.165) is 22.9 Å². The number of nitrogens with zero attached hydrogens (tertiary/aromatic N) is 1. The molecule has 1 atom stereocenters. The van der Waals surface area contributed by atoms with Crippen LogP contribution in [0, 0.1) is 5.92 Å². The lowest BCUT2D eigenvalue weighted by atomic mass is 9.95. The number of hydrogen-bond donors (Lipinski definition) is 2. The molecule has 0 bridgehead atoms. The Hall–Kier alpha value is -3.87. The number of primary amides is 1. The highest BCUT2D eigenvalue weighted by molar-refractivity contribution is 6.09. The van der Waals surface area contributed by atoms with Gasteiger partial charge < -0.3 is 20.7 Å². The number of methoxy groups -OCH3 is 1. The number of nitrogens with one attached hydrogen (secondary N) is 1. The number of rotatable bonds is 5. The van der Waals surface area contributed by atoms with Crippen molar-refractivity contribution in [2.45, 2.75) is 12.8 Å². The highest BCUT2D eigenvalue weighted by Gasteiger charge is 2.29. The Morgan fingerprint density at radius 3 is 2.41 bits per heavy atom. The minimum absolute atomic E-state index is 0.0906. The van der Waals surface area contributed by atoms with E-state index in [0.29, 0.717) is 36.3 Å². The molecule has 0 radical (unpaired) electrons. The Balaban J connectivity index is 1.49. The van der Waals surface area contributed by atoms with E-state index in [1.165, 1.54) is 0 Å². The van der Waals surface area contributed by atoms with Gasteiger partial charge in [-0.25, -0.2) is 0 Å². The fourth-order valence-electron chi connectivity index (χ4n) is 4.14. The van der Waals surface area contributed by atoms with Crippen molar-refractivity contribution in [2.24, 2.45) is 11.7 Å². The third-order valence-corrected chi connectivity index (χ3v) is 5.85. The van der Waals surface area contributed by atoms with Crippen LogP contribution in [0.4, 0.5) is 5.69 Å². The van der Waals surface area contributed by atoms with E-state index < -0.39 is 5.91 Å². The van der Waals surface area contributed by atoms with Crippen molar-refractivity contribution in [3.8, 4) is 5.75 Å². The van der Waals surface area contributed by atoms with Crippen LogP contribution in [-0.2, 0) is 4.79 Å². The average Bonchev–Trinajstić information content (AvgIpc) is 2.83. The fraction of sp³-hybridized carbons (Fsp3) is 0.240. The number of nitrogens with two attached hydrogens (primary N) is 1. The normalized spacial score (nSPS) is 15.9. The number of hydrogen-bond acceptors (Lipinski definition) is 4. The number of benzene rings is 3. The van der Waals surface area contributed by atoms with Crippen molar-refractivity contribution < 1.29 is 19.1 Å². The first-order valence-corrected chi connectivity index (χ1v) is 10.5. The topological polar surface area (TPSA) is 102 Å². The van der Waals surface area contributed by atoms with E-state index in [2.05, 4.69) is 5.32 Å². The molecule has 7 heteroatoms. The zero-order chi connectivity index (χ0) is 22.7. The number of likely N-dealkylation sites (tertiary alicyclic amines) is 1. The van der Waals surface area contributed by atoms with Crippen LogP contribution in [-0.4, -0.2) is 42.8 Å². The average molecular weight is 431 g/mol. The summed E-state index contributed by atoms with van der Waals surface area (Å²) in [6.45, 7) is 0.959. The van der Waals surface area contributed by atoms with Crippen molar-refractivity contribution in [1.29, 1.82) is 0 Å². The Bertz CT molecular complexity index is 1170. The summed E-state index contributed by atoms with van der Waals surface area (Å²) < 4.78 is 5.43. The van der Waals surface area contributed by atoms with Gasteiger partial charge in [0.1, 0.15) is 5.75 Å². The SMILES string of the molecule is COc1ccc(C(=O)N2CCC[C@@H](C(=O)Nc3ccc(C(N)=O)cc3)C2)c2ccccc12. The monoisotopic (exact) mass is 431 g/mol. The zero-order valence-corrected chi connectivity index (χ0v) is 17.8. The lowest BCUT2D eigenvalue weighted by Crippen LogP contribution is -2.43. The van der Waals surface area contributed by atoms with Crippen LogP contribution >= 0.6 is 0 Å². The molecule has 4 rings (SSSR count). The molecule has 3 amide bonds. The highest BCUT2D eigenvalue weighted by Crippen LogP contribution is 2.30. The molecule has 0 saturated carbocycles. The molecule has 0 spiro atoms. The molecule has 1 saturated heterocycles. The van der Waals surface area contributed by atoms with Crippen LogP contribution in [0.15, 0.2) is 60.7 Å². The van der Waals surface area contributed by atoms with E-state index in [1.54, 1.807) is 48.4 Å². The Labute approximate surface area is 186 Å². The van der Waals surface area contributed by atoms with Gasteiger partial charge in [-0.2, -0.15) is 0 Å². The maximum atomic E-state index is 13.4. The first-order valence-electron chi connectivity index (χ1n) is 10.5. The zero-order valence-electron chi connectivity index (χ0n) is 17.8. The second-order valence-electron chi connectivity index (χ2n) is 7.88. The van der Waals surface area contributed by atoms with Crippen LogP contribution in [0.1, 0.15) is 33.6 Å². The molecule has 3 N–H and O–H groups in total. The third kappa shape index (κ3) is 4.27. The Morgan fingerprint density at radius 2 is 1.72 bits per heavy atom. The molecule has 3 aromatic rings. The van der Waals surface area contributed by atoms with Crippen molar-refractivity contribution in [3.63, 3.8) is 0 Å². The predicted molar refractivity (Wildman–Crippen MR) is 123 cm³/mol. The van der Waals surface area contributed by atoms with E-state index in [1.807, 2.05) is 24.3 Å². The molecule has 3 aromatic carbocycles. The maximum absolute atomic E-state index is 13.4. The van der Waals surface area contributed by atoms with Crippen molar-refractivity contribution >= 4 is 34.2 Å². The van der Waals surface area contributed by atoms with Crippen LogP contribution in [0.2, 0.25) is 0 Å². The van der Waals surface area contributed by atoms with Gasteiger partial charge in [0.2, 0.25) is 11.8 Å². The van der Waals surface area contributed by atoms with Crippen LogP contribution < -0.4 is 15.8 Å². The number of anilines is 1. The van der Waals surface area contributed by atoms with Gasteiger partial charge in [-0.15, -0.1) is 0 Å². The number of carbonyl (C=O) groups is 3.